The molecule has 0 aromatic heterocycles. The number of carbonyl (C=O) groups is 1. The highest BCUT2D eigenvalue weighted by Gasteiger charge is 2.12. The average Bonchev–Trinajstić information content (AvgIpc) is 2.67. The van der Waals surface area contributed by atoms with Gasteiger partial charge in [-0.1, -0.05) is 104 Å². The van der Waals surface area contributed by atoms with Gasteiger partial charge in [-0.2, -0.15) is 0 Å². The summed E-state index contributed by atoms with van der Waals surface area (Å²) in [5.74, 6) is -0.993. The molecule has 0 spiro atoms. The van der Waals surface area contributed by atoms with Gasteiger partial charge in [0.2, 0.25) is 5.91 Å². The zero-order chi connectivity index (χ0) is 22.5. The topological polar surface area (TPSA) is 78.8 Å². The molecule has 5 nitrogen and oxygen atoms in total. The first-order chi connectivity index (χ1) is 14.3. The van der Waals surface area contributed by atoms with Gasteiger partial charge in [-0.25, -0.2) is 0 Å². The number of hydrogen-bond acceptors (Lipinski definition) is 5. The SMILES string of the molecule is CC(C)CCCCCCCCCCCCCCCC(C=O)OCCCNC(C)(O)O. The number of nitrogens with one attached hydrogen (secondary N) is 1. The van der Waals surface area contributed by atoms with Gasteiger partial charge < -0.3 is 19.7 Å². The Morgan fingerprint density at radius 2 is 1.20 bits per heavy atom. The molecule has 0 bridgehead atoms. The van der Waals surface area contributed by atoms with Crippen LogP contribution in [-0.2, 0) is 9.53 Å². The summed E-state index contributed by atoms with van der Waals surface area (Å²) in [7, 11) is 0. The number of hydrogen-bond donors (Lipinski definition) is 3. The maximum atomic E-state index is 11.1. The predicted molar refractivity (Wildman–Crippen MR) is 125 cm³/mol. The Morgan fingerprint density at radius 1 is 0.767 bits per heavy atom. The quantitative estimate of drug-likeness (QED) is 0.110. The van der Waals surface area contributed by atoms with E-state index < -0.39 is 5.91 Å². The summed E-state index contributed by atoms with van der Waals surface area (Å²) in [5, 5.41) is 20.8. The molecule has 0 amide bonds. The summed E-state index contributed by atoms with van der Waals surface area (Å²) in [4.78, 5) is 11.1. The van der Waals surface area contributed by atoms with E-state index in [1.807, 2.05) is 0 Å². The molecule has 1 atom stereocenters. The van der Waals surface area contributed by atoms with E-state index in [4.69, 9.17) is 14.9 Å². The fourth-order valence-electron chi connectivity index (χ4n) is 3.67. The standard InChI is InChI=1S/C25H51NO4/c1-23(2)18-15-13-11-9-7-5-4-6-8-10-12-14-16-19-24(22-27)30-21-17-20-26-25(3,28)29/h22-24,26,28-29H,4-21H2,1-3H3. The van der Waals surface area contributed by atoms with Crippen LogP contribution in [0.25, 0.3) is 0 Å². The van der Waals surface area contributed by atoms with Crippen molar-refractivity contribution in [1.29, 1.82) is 0 Å². The molecular formula is C25H51NO4. The highest BCUT2D eigenvalue weighted by molar-refractivity contribution is 5.55. The molecule has 0 radical (unpaired) electrons. The third-order valence-corrected chi connectivity index (χ3v) is 5.53. The van der Waals surface area contributed by atoms with Crippen LogP contribution in [0.4, 0.5) is 0 Å². The van der Waals surface area contributed by atoms with Crippen LogP contribution in [0, 0.1) is 5.92 Å². The number of unbranched alkanes of at least 4 members (excludes halogenated alkanes) is 12. The first-order valence-electron chi connectivity index (χ1n) is 12.6. The van der Waals surface area contributed by atoms with Gasteiger partial charge >= 0.3 is 0 Å². The van der Waals surface area contributed by atoms with E-state index in [1.165, 1.54) is 90.4 Å². The van der Waals surface area contributed by atoms with Crippen molar-refractivity contribution in [1.82, 2.24) is 5.32 Å². The van der Waals surface area contributed by atoms with E-state index in [9.17, 15) is 4.79 Å². The molecule has 0 aromatic carbocycles. The predicted octanol–water partition coefficient (Wildman–Crippen LogP) is 5.72. The largest absolute Gasteiger partial charge is 0.371 e. The zero-order valence-electron chi connectivity index (χ0n) is 20.2. The zero-order valence-corrected chi connectivity index (χ0v) is 20.2. The highest BCUT2D eigenvalue weighted by Crippen LogP contribution is 2.15. The molecule has 5 heteroatoms. The molecule has 0 fully saturated rings. The summed E-state index contributed by atoms with van der Waals surface area (Å²) in [5.41, 5.74) is 0. The van der Waals surface area contributed by atoms with Crippen LogP contribution in [0.5, 0.6) is 0 Å². The second-order valence-corrected chi connectivity index (χ2v) is 9.41. The number of aldehydes is 1. The van der Waals surface area contributed by atoms with Gasteiger partial charge in [-0.15, -0.1) is 0 Å². The van der Waals surface area contributed by atoms with Crippen LogP contribution in [0.15, 0.2) is 0 Å². The summed E-state index contributed by atoms with van der Waals surface area (Å²) < 4.78 is 5.56. The first kappa shape index (κ1) is 29.5. The van der Waals surface area contributed by atoms with Crippen molar-refractivity contribution >= 4 is 6.29 Å². The Morgan fingerprint density at radius 3 is 1.60 bits per heavy atom. The molecule has 3 N–H and O–H groups in total. The lowest BCUT2D eigenvalue weighted by molar-refractivity contribution is -0.169. The van der Waals surface area contributed by atoms with E-state index in [0.29, 0.717) is 19.6 Å². The number of ether oxygens (including phenoxy) is 1. The first-order valence-corrected chi connectivity index (χ1v) is 12.6. The van der Waals surface area contributed by atoms with Crippen molar-refractivity contribution in [3.8, 4) is 0 Å². The molecule has 0 heterocycles. The van der Waals surface area contributed by atoms with Gasteiger partial charge in [-0.3, -0.25) is 5.32 Å². The molecule has 1 unspecified atom stereocenters. The van der Waals surface area contributed by atoms with Crippen molar-refractivity contribution in [2.24, 2.45) is 5.92 Å². The Bertz CT molecular complexity index is 369. The van der Waals surface area contributed by atoms with Gasteiger partial charge in [0.15, 0.2) is 0 Å². The third-order valence-electron chi connectivity index (χ3n) is 5.53. The van der Waals surface area contributed by atoms with Crippen LogP contribution >= 0.6 is 0 Å². The fraction of sp³-hybridized carbons (Fsp3) is 0.960. The van der Waals surface area contributed by atoms with Crippen molar-refractivity contribution in [2.45, 2.75) is 136 Å². The minimum absolute atomic E-state index is 0.329. The molecule has 180 valence electrons. The van der Waals surface area contributed by atoms with Gasteiger partial charge in [0.25, 0.3) is 0 Å². The van der Waals surface area contributed by atoms with E-state index in [0.717, 1.165) is 25.0 Å². The molecule has 30 heavy (non-hydrogen) atoms. The monoisotopic (exact) mass is 429 g/mol. The van der Waals surface area contributed by atoms with Crippen molar-refractivity contribution in [2.75, 3.05) is 13.2 Å². The summed E-state index contributed by atoms with van der Waals surface area (Å²) in [6.07, 6.45) is 20.6. The fourth-order valence-corrected chi connectivity index (χ4v) is 3.67. The van der Waals surface area contributed by atoms with Crippen molar-refractivity contribution in [3.05, 3.63) is 0 Å². The van der Waals surface area contributed by atoms with Crippen LogP contribution in [-0.4, -0.2) is 41.7 Å². The lowest BCUT2D eigenvalue weighted by atomic mass is 10.0. The van der Waals surface area contributed by atoms with E-state index >= 15 is 0 Å². The maximum Gasteiger partial charge on any atom is 0.219 e. The molecule has 0 saturated carbocycles. The van der Waals surface area contributed by atoms with Crippen LogP contribution in [0.2, 0.25) is 0 Å². The van der Waals surface area contributed by atoms with Gasteiger partial charge in [0.1, 0.15) is 12.4 Å². The lowest BCUT2D eigenvalue weighted by Gasteiger charge is -2.17. The van der Waals surface area contributed by atoms with E-state index in [1.54, 1.807) is 0 Å². The number of rotatable bonds is 23. The lowest BCUT2D eigenvalue weighted by Crippen LogP contribution is -2.42. The molecular weight excluding hydrogens is 378 g/mol. The Hall–Kier alpha value is -0.490. The molecule has 0 aliphatic heterocycles. The Kier molecular flexibility index (Phi) is 20.1. The maximum absolute atomic E-state index is 11.1. The van der Waals surface area contributed by atoms with Gasteiger partial charge in [0, 0.05) is 20.1 Å². The third kappa shape index (κ3) is 23.8. The molecule has 0 saturated heterocycles. The molecule has 0 aliphatic carbocycles. The van der Waals surface area contributed by atoms with Crippen LogP contribution in [0.1, 0.15) is 124 Å². The minimum atomic E-state index is -1.85. The summed E-state index contributed by atoms with van der Waals surface area (Å²) in [6, 6.07) is 0. The average molecular weight is 430 g/mol. The van der Waals surface area contributed by atoms with Crippen LogP contribution < -0.4 is 5.32 Å². The highest BCUT2D eigenvalue weighted by atomic mass is 16.5. The van der Waals surface area contributed by atoms with Gasteiger partial charge in [0.05, 0.1) is 0 Å². The van der Waals surface area contributed by atoms with E-state index in [-0.39, 0.29) is 6.10 Å². The molecule has 0 aliphatic rings. The van der Waals surface area contributed by atoms with Gasteiger partial charge in [-0.05, 0) is 18.8 Å². The molecule has 0 rings (SSSR count). The minimum Gasteiger partial charge on any atom is -0.371 e. The molecule has 0 aromatic rings. The Labute approximate surface area is 186 Å². The number of aliphatic hydroxyl groups is 2. The summed E-state index contributed by atoms with van der Waals surface area (Å²) in [6.45, 7) is 6.79. The van der Waals surface area contributed by atoms with Crippen LogP contribution in [0.3, 0.4) is 0 Å². The normalized spacial score (nSPS) is 13.1. The van der Waals surface area contributed by atoms with Crippen molar-refractivity contribution in [3.63, 3.8) is 0 Å². The second-order valence-electron chi connectivity index (χ2n) is 9.41. The Balaban J connectivity index is 3.30. The van der Waals surface area contributed by atoms with Crippen molar-refractivity contribution < 1.29 is 19.7 Å². The second kappa shape index (κ2) is 20.4. The van der Waals surface area contributed by atoms with E-state index in [2.05, 4.69) is 19.2 Å². The number of carbonyl (C=O) groups excluding carboxylic acids is 1. The smallest absolute Gasteiger partial charge is 0.219 e. The summed E-state index contributed by atoms with van der Waals surface area (Å²) >= 11 is 0.